The van der Waals surface area contributed by atoms with Crippen LogP contribution in [0.1, 0.15) is 31.2 Å². The number of hydroxylamine groups is 2. The van der Waals surface area contributed by atoms with Crippen LogP contribution in [0.25, 0.3) is 0 Å². The van der Waals surface area contributed by atoms with Gasteiger partial charge in [-0.3, -0.25) is 24.4 Å². The summed E-state index contributed by atoms with van der Waals surface area (Å²) < 4.78 is 5.24. The van der Waals surface area contributed by atoms with Gasteiger partial charge in [0, 0.05) is 22.6 Å². The Hall–Kier alpha value is -3.23. The third-order valence-electron chi connectivity index (χ3n) is 7.14. The highest BCUT2D eigenvalue weighted by molar-refractivity contribution is 6.32. The number of allylic oxidation sites excluding steroid dienone is 6. The van der Waals surface area contributed by atoms with E-state index in [1.54, 1.807) is 13.0 Å². The van der Waals surface area contributed by atoms with E-state index >= 15 is 0 Å². The number of benzene rings is 1. The highest BCUT2D eigenvalue weighted by Crippen LogP contribution is 2.55. The van der Waals surface area contributed by atoms with Gasteiger partial charge in [0.1, 0.15) is 0 Å². The molecule has 1 fully saturated rings. The van der Waals surface area contributed by atoms with E-state index in [1.807, 2.05) is 6.08 Å². The first-order valence-electron chi connectivity index (χ1n) is 10.5. The number of carbonyl (C=O) groups is 4. The second-order valence-corrected chi connectivity index (χ2v) is 9.18. The maximum absolute atomic E-state index is 13.1. The number of phenols is 1. The minimum atomic E-state index is -0.831. The van der Waals surface area contributed by atoms with Gasteiger partial charge in [-0.15, -0.1) is 0 Å². The Morgan fingerprint density at radius 1 is 1.12 bits per heavy atom. The van der Waals surface area contributed by atoms with E-state index in [4.69, 9.17) is 16.3 Å². The van der Waals surface area contributed by atoms with Gasteiger partial charge in [-0.1, -0.05) is 23.3 Å². The van der Waals surface area contributed by atoms with Crippen molar-refractivity contribution in [3.05, 3.63) is 57.2 Å². The maximum atomic E-state index is 13.1. The van der Waals surface area contributed by atoms with Crippen LogP contribution in [-0.4, -0.2) is 45.9 Å². The van der Waals surface area contributed by atoms with Gasteiger partial charge in [0.25, 0.3) is 11.8 Å². The molecule has 8 nitrogen and oxygen atoms in total. The molecular formula is C24H20ClNO7. The molecule has 2 amide bonds. The number of amides is 2. The van der Waals surface area contributed by atoms with E-state index in [9.17, 15) is 29.5 Å². The quantitative estimate of drug-likeness (QED) is 0.295. The van der Waals surface area contributed by atoms with Crippen LogP contribution in [0.15, 0.2) is 46.6 Å². The van der Waals surface area contributed by atoms with E-state index in [-0.39, 0.29) is 46.0 Å². The van der Waals surface area contributed by atoms with Crippen molar-refractivity contribution >= 4 is 35.0 Å². The van der Waals surface area contributed by atoms with Gasteiger partial charge in [-0.2, -0.15) is 5.06 Å². The van der Waals surface area contributed by atoms with Gasteiger partial charge in [-0.25, -0.2) is 0 Å². The summed E-state index contributed by atoms with van der Waals surface area (Å²) in [5.41, 5.74) is 2.13. The van der Waals surface area contributed by atoms with Crippen molar-refractivity contribution in [1.82, 2.24) is 5.06 Å². The molecule has 1 aromatic carbocycles. The minimum absolute atomic E-state index is 0.0119. The summed E-state index contributed by atoms with van der Waals surface area (Å²) in [6.07, 6.45) is 3.46. The summed E-state index contributed by atoms with van der Waals surface area (Å²) in [6.45, 7) is 1.56. The molecule has 2 N–H and O–H groups in total. The Balaban J connectivity index is 1.74. The molecular weight excluding hydrogens is 450 g/mol. The standard InChI is InChI=1S/C24H20ClNO7/c1-9-5-16(27)20-14(21(9)28)8-13-11(3-4-12-19(13)24(31)26(32)23(12)30)18(20)10-6-15(25)22(29)17(7-10)33-2/h3,5-7,12-13,18-19,29,32H,4,8H2,1-2H3/t12-,13+,18-,19-/m0/s1. The number of imide groups is 1. The Labute approximate surface area is 193 Å². The van der Waals surface area contributed by atoms with Gasteiger partial charge < -0.3 is 9.84 Å². The lowest BCUT2D eigenvalue weighted by Gasteiger charge is -2.42. The van der Waals surface area contributed by atoms with E-state index < -0.39 is 35.5 Å². The number of hydrogen-bond donors (Lipinski definition) is 2. The molecule has 4 aliphatic rings. The number of fused-ring (bicyclic) bond motifs is 3. The second-order valence-electron chi connectivity index (χ2n) is 8.77. The molecule has 0 bridgehead atoms. The van der Waals surface area contributed by atoms with Gasteiger partial charge in [-0.05, 0) is 49.5 Å². The summed E-state index contributed by atoms with van der Waals surface area (Å²) >= 11 is 6.24. The largest absolute Gasteiger partial charge is 0.503 e. The lowest BCUT2D eigenvalue weighted by Crippen LogP contribution is -2.39. The summed E-state index contributed by atoms with van der Waals surface area (Å²) in [5.74, 6) is -4.93. The molecule has 9 heteroatoms. The van der Waals surface area contributed by atoms with E-state index in [0.717, 1.165) is 0 Å². The number of halogens is 1. The molecule has 4 atom stereocenters. The number of ketones is 2. The molecule has 0 radical (unpaired) electrons. The topological polar surface area (TPSA) is 121 Å². The van der Waals surface area contributed by atoms with Crippen LogP contribution in [-0.2, 0) is 19.2 Å². The first-order chi connectivity index (χ1) is 15.6. The summed E-state index contributed by atoms with van der Waals surface area (Å²) in [7, 11) is 1.37. The number of hydrogen-bond acceptors (Lipinski definition) is 7. The molecule has 3 aliphatic carbocycles. The van der Waals surface area contributed by atoms with Gasteiger partial charge in [0.2, 0.25) is 0 Å². The average Bonchev–Trinajstić information content (AvgIpc) is 3.02. The normalized spacial score (nSPS) is 28.9. The first kappa shape index (κ1) is 21.6. The van der Waals surface area contributed by atoms with Crippen molar-refractivity contribution in [3.8, 4) is 11.5 Å². The first-order valence-corrected chi connectivity index (χ1v) is 10.9. The lowest BCUT2D eigenvalue weighted by molar-refractivity contribution is -0.173. The fourth-order valence-corrected chi connectivity index (χ4v) is 5.88. The van der Waals surface area contributed by atoms with Crippen molar-refractivity contribution in [2.24, 2.45) is 17.8 Å². The van der Waals surface area contributed by atoms with E-state index in [0.29, 0.717) is 27.9 Å². The molecule has 0 aromatic heterocycles. The zero-order chi connectivity index (χ0) is 23.8. The number of methoxy groups -OCH3 is 1. The third-order valence-corrected chi connectivity index (χ3v) is 7.43. The van der Waals surface area contributed by atoms with Crippen molar-refractivity contribution in [3.63, 3.8) is 0 Å². The predicted octanol–water partition coefficient (Wildman–Crippen LogP) is 2.87. The highest BCUT2D eigenvalue weighted by Gasteiger charge is 2.56. The number of phenolic OH excluding ortho intramolecular Hbond substituents is 1. The van der Waals surface area contributed by atoms with Crippen molar-refractivity contribution < 1.29 is 34.2 Å². The van der Waals surface area contributed by atoms with Crippen LogP contribution in [0.2, 0.25) is 5.02 Å². The molecule has 170 valence electrons. The zero-order valence-corrected chi connectivity index (χ0v) is 18.5. The van der Waals surface area contributed by atoms with Crippen LogP contribution >= 0.6 is 11.6 Å². The number of aromatic hydroxyl groups is 1. The number of Topliss-reactive ketones (excluding diaryl/α,β-unsaturated/α-hetero) is 1. The van der Waals surface area contributed by atoms with Crippen LogP contribution in [0.4, 0.5) is 0 Å². The molecule has 1 saturated heterocycles. The van der Waals surface area contributed by atoms with E-state index in [1.165, 1.54) is 19.3 Å². The zero-order valence-electron chi connectivity index (χ0n) is 17.8. The molecule has 1 heterocycles. The van der Waals surface area contributed by atoms with Crippen LogP contribution < -0.4 is 4.74 Å². The van der Waals surface area contributed by atoms with E-state index in [2.05, 4.69) is 0 Å². The Kier molecular flexibility index (Phi) is 4.84. The number of nitrogens with zero attached hydrogens (tertiary/aromatic N) is 1. The monoisotopic (exact) mass is 469 g/mol. The van der Waals surface area contributed by atoms with Crippen LogP contribution in [0.3, 0.4) is 0 Å². The van der Waals surface area contributed by atoms with Crippen LogP contribution in [0.5, 0.6) is 11.5 Å². The van der Waals surface area contributed by atoms with Crippen molar-refractivity contribution in [2.75, 3.05) is 7.11 Å². The third kappa shape index (κ3) is 2.94. The summed E-state index contributed by atoms with van der Waals surface area (Å²) in [4.78, 5) is 51.5. The summed E-state index contributed by atoms with van der Waals surface area (Å²) in [6, 6.07) is 3.06. The molecule has 0 unspecified atom stereocenters. The lowest BCUT2D eigenvalue weighted by atomic mass is 9.59. The van der Waals surface area contributed by atoms with Crippen molar-refractivity contribution in [2.45, 2.75) is 25.7 Å². The second kappa shape index (κ2) is 7.40. The predicted molar refractivity (Wildman–Crippen MR) is 115 cm³/mol. The SMILES string of the molecule is COc1cc([C@H]2C3=CC[C@@H]4C(=O)N(O)C(=O)[C@@H]4[C@@H]3CC3=C2C(=O)C=C(C)C3=O)cc(Cl)c1O. The van der Waals surface area contributed by atoms with Crippen LogP contribution in [0, 0.1) is 17.8 Å². The Bertz CT molecular complexity index is 1260. The minimum Gasteiger partial charge on any atom is -0.503 e. The summed E-state index contributed by atoms with van der Waals surface area (Å²) in [5, 5.41) is 20.4. The maximum Gasteiger partial charge on any atom is 0.257 e. The number of ether oxygens (including phenoxy) is 1. The fraction of sp³-hybridized carbons (Fsp3) is 0.333. The number of carbonyl (C=O) groups excluding carboxylic acids is 4. The van der Waals surface area contributed by atoms with Gasteiger partial charge >= 0.3 is 0 Å². The highest BCUT2D eigenvalue weighted by atomic mass is 35.5. The molecule has 33 heavy (non-hydrogen) atoms. The molecule has 5 rings (SSSR count). The number of rotatable bonds is 2. The smallest absolute Gasteiger partial charge is 0.257 e. The van der Waals surface area contributed by atoms with Gasteiger partial charge in [0.05, 0.1) is 24.0 Å². The molecule has 1 aromatic rings. The Morgan fingerprint density at radius 3 is 2.55 bits per heavy atom. The van der Waals surface area contributed by atoms with Crippen molar-refractivity contribution in [1.29, 1.82) is 0 Å². The molecule has 1 aliphatic heterocycles. The molecule has 0 saturated carbocycles. The van der Waals surface area contributed by atoms with Gasteiger partial charge in [0.15, 0.2) is 23.1 Å². The molecule has 0 spiro atoms. The fourth-order valence-electron chi connectivity index (χ4n) is 5.66. The average molecular weight is 470 g/mol. The Morgan fingerprint density at radius 2 is 1.85 bits per heavy atom.